The minimum atomic E-state index is 0.454. The zero-order chi connectivity index (χ0) is 16.9. The third-order valence-corrected chi connectivity index (χ3v) is 5.64. The molecule has 130 valence electrons. The quantitative estimate of drug-likeness (QED) is 0.632. The summed E-state index contributed by atoms with van der Waals surface area (Å²) < 4.78 is 4.21. The molecule has 0 N–H and O–H groups in total. The molecule has 1 saturated carbocycles. The van der Waals surface area contributed by atoms with Gasteiger partial charge < -0.3 is 4.57 Å². The van der Waals surface area contributed by atoms with Crippen LogP contribution < -0.4 is 0 Å². The van der Waals surface area contributed by atoms with Gasteiger partial charge in [0, 0.05) is 18.9 Å². The van der Waals surface area contributed by atoms with Crippen molar-refractivity contribution in [3.63, 3.8) is 0 Å². The second-order valence-corrected chi connectivity index (χ2v) is 7.39. The van der Waals surface area contributed by atoms with E-state index < -0.39 is 0 Å². The smallest absolute Gasteiger partial charge is 0.210 e. The number of tetrazole rings is 1. The molecule has 3 aromatic rings. The van der Waals surface area contributed by atoms with Crippen LogP contribution >= 0.6 is 11.8 Å². The number of imidazole rings is 1. The van der Waals surface area contributed by atoms with Crippen molar-refractivity contribution in [3.8, 4) is 0 Å². The molecule has 6 nitrogen and oxygen atoms in total. The first-order chi connectivity index (χ1) is 12.4. The van der Waals surface area contributed by atoms with Crippen molar-refractivity contribution in [2.45, 2.75) is 55.6 Å². The lowest BCUT2D eigenvalue weighted by Crippen LogP contribution is -2.15. The van der Waals surface area contributed by atoms with Crippen LogP contribution in [-0.2, 0) is 12.3 Å². The topological polar surface area (TPSA) is 61.4 Å². The fourth-order valence-electron chi connectivity index (χ4n) is 3.37. The summed E-state index contributed by atoms with van der Waals surface area (Å²) in [6.45, 7) is 0.838. The largest absolute Gasteiger partial charge is 0.330 e. The molecular weight excluding hydrogens is 332 g/mol. The van der Waals surface area contributed by atoms with Crippen LogP contribution in [0.15, 0.2) is 47.9 Å². The maximum Gasteiger partial charge on any atom is 0.210 e. The predicted molar refractivity (Wildman–Crippen MR) is 97.3 cm³/mol. The van der Waals surface area contributed by atoms with Crippen molar-refractivity contribution in [3.05, 3.63) is 54.1 Å². The van der Waals surface area contributed by atoms with Gasteiger partial charge in [-0.1, -0.05) is 61.4 Å². The maximum absolute atomic E-state index is 4.52. The summed E-state index contributed by atoms with van der Waals surface area (Å²) in [4.78, 5) is 4.52. The van der Waals surface area contributed by atoms with Gasteiger partial charge in [0.1, 0.15) is 5.82 Å². The standard InChI is InChI=1S/C18H22N6S/c1-3-7-15(8-4-1)13-23-12-11-19-17(23)14-25-18-20-21-22-24(18)16-9-5-2-6-10-16/h1,3-4,7-8,11-12,16H,2,5-6,9-10,13-14H2. The van der Waals surface area contributed by atoms with E-state index in [9.17, 15) is 0 Å². The summed E-state index contributed by atoms with van der Waals surface area (Å²) in [5.41, 5.74) is 1.28. The van der Waals surface area contributed by atoms with Crippen molar-refractivity contribution >= 4 is 11.8 Å². The predicted octanol–water partition coefficient (Wildman–Crippen LogP) is 3.72. The molecule has 0 bridgehead atoms. The summed E-state index contributed by atoms with van der Waals surface area (Å²) in [6.07, 6.45) is 10.1. The van der Waals surface area contributed by atoms with Crippen LogP contribution in [0.25, 0.3) is 0 Å². The zero-order valence-corrected chi connectivity index (χ0v) is 15.0. The third-order valence-electron chi connectivity index (χ3n) is 4.71. The van der Waals surface area contributed by atoms with Crippen LogP contribution in [0, 0.1) is 0 Å². The molecule has 2 aromatic heterocycles. The Hall–Kier alpha value is -2.15. The summed E-state index contributed by atoms with van der Waals surface area (Å²) in [7, 11) is 0. The van der Waals surface area contributed by atoms with Crippen LogP contribution in [-0.4, -0.2) is 29.8 Å². The second-order valence-electron chi connectivity index (χ2n) is 6.44. The van der Waals surface area contributed by atoms with E-state index in [2.05, 4.69) is 49.3 Å². The first kappa shape index (κ1) is 16.3. The normalized spacial score (nSPS) is 15.5. The van der Waals surface area contributed by atoms with E-state index >= 15 is 0 Å². The molecule has 1 aromatic carbocycles. The van der Waals surface area contributed by atoms with E-state index in [0.717, 1.165) is 23.3 Å². The maximum atomic E-state index is 4.52. The monoisotopic (exact) mass is 354 g/mol. The van der Waals surface area contributed by atoms with E-state index in [1.807, 2.05) is 23.1 Å². The Morgan fingerprint density at radius 3 is 2.76 bits per heavy atom. The molecule has 1 aliphatic rings. The highest BCUT2D eigenvalue weighted by Gasteiger charge is 2.20. The van der Waals surface area contributed by atoms with Gasteiger partial charge in [-0.05, 0) is 28.8 Å². The summed E-state index contributed by atoms with van der Waals surface area (Å²) in [6, 6.07) is 10.9. The number of hydrogen-bond donors (Lipinski definition) is 0. The Bertz CT molecular complexity index is 791. The lowest BCUT2D eigenvalue weighted by molar-refractivity contribution is 0.307. The van der Waals surface area contributed by atoms with Gasteiger partial charge in [-0.15, -0.1) is 5.10 Å². The molecule has 2 heterocycles. The van der Waals surface area contributed by atoms with Gasteiger partial charge in [0.25, 0.3) is 0 Å². The molecule has 0 unspecified atom stereocenters. The van der Waals surface area contributed by atoms with Crippen molar-refractivity contribution in [1.82, 2.24) is 29.8 Å². The molecule has 7 heteroatoms. The summed E-state index contributed by atoms with van der Waals surface area (Å²) >= 11 is 1.67. The van der Waals surface area contributed by atoms with Crippen molar-refractivity contribution in [2.75, 3.05) is 0 Å². The molecule has 0 spiro atoms. The first-order valence-corrected chi connectivity index (χ1v) is 9.83. The lowest BCUT2D eigenvalue weighted by atomic mass is 9.96. The van der Waals surface area contributed by atoms with Gasteiger partial charge in [0.2, 0.25) is 5.16 Å². The number of thioether (sulfide) groups is 1. The van der Waals surface area contributed by atoms with Gasteiger partial charge in [0.05, 0.1) is 11.8 Å². The molecule has 0 radical (unpaired) electrons. The Morgan fingerprint density at radius 1 is 1.08 bits per heavy atom. The van der Waals surface area contributed by atoms with Gasteiger partial charge >= 0.3 is 0 Å². The number of rotatable bonds is 6. The van der Waals surface area contributed by atoms with E-state index in [0.29, 0.717) is 6.04 Å². The van der Waals surface area contributed by atoms with E-state index in [4.69, 9.17) is 0 Å². The van der Waals surface area contributed by atoms with Crippen molar-refractivity contribution in [2.24, 2.45) is 0 Å². The minimum absolute atomic E-state index is 0.454. The molecule has 0 atom stereocenters. The van der Waals surface area contributed by atoms with E-state index in [1.165, 1.54) is 37.7 Å². The number of nitrogens with zero attached hydrogens (tertiary/aromatic N) is 6. The van der Waals surface area contributed by atoms with Crippen LogP contribution in [0.1, 0.15) is 49.5 Å². The minimum Gasteiger partial charge on any atom is -0.330 e. The van der Waals surface area contributed by atoms with Crippen LogP contribution in [0.5, 0.6) is 0 Å². The Labute approximate surface area is 151 Å². The zero-order valence-electron chi connectivity index (χ0n) is 14.2. The highest BCUT2D eigenvalue weighted by molar-refractivity contribution is 7.98. The molecule has 1 aliphatic carbocycles. The molecule has 4 rings (SSSR count). The fourth-order valence-corrected chi connectivity index (χ4v) is 4.28. The van der Waals surface area contributed by atoms with Gasteiger partial charge in [-0.25, -0.2) is 9.67 Å². The molecule has 0 amide bonds. The van der Waals surface area contributed by atoms with Gasteiger partial charge in [-0.2, -0.15) is 0 Å². The average Bonchev–Trinajstić information content (AvgIpc) is 3.31. The highest BCUT2D eigenvalue weighted by atomic mass is 32.2. The number of aromatic nitrogens is 6. The summed E-state index contributed by atoms with van der Waals surface area (Å²) in [5.74, 6) is 1.82. The molecule has 0 saturated heterocycles. The lowest BCUT2D eigenvalue weighted by Gasteiger charge is -2.21. The van der Waals surface area contributed by atoms with Crippen LogP contribution in [0.2, 0.25) is 0 Å². The first-order valence-electron chi connectivity index (χ1n) is 8.85. The number of benzene rings is 1. The highest BCUT2D eigenvalue weighted by Crippen LogP contribution is 2.31. The van der Waals surface area contributed by atoms with Gasteiger partial charge in [-0.3, -0.25) is 0 Å². The third kappa shape index (κ3) is 3.92. The molecular formula is C18H22N6S. The second kappa shape index (κ2) is 7.82. The fraction of sp³-hybridized carbons (Fsp3) is 0.444. The molecule has 0 aliphatic heterocycles. The SMILES string of the molecule is c1ccc(Cn2ccnc2CSc2nnnn2C2CCCCC2)cc1. The Balaban J connectivity index is 1.43. The Kier molecular flexibility index (Phi) is 5.11. The molecule has 25 heavy (non-hydrogen) atoms. The van der Waals surface area contributed by atoms with E-state index in [-0.39, 0.29) is 0 Å². The molecule has 1 fully saturated rings. The Morgan fingerprint density at radius 2 is 1.92 bits per heavy atom. The van der Waals surface area contributed by atoms with Crippen molar-refractivity contribution < 1.29 is 0 Å². The average molecular weight is 354 g/mol. The van der Waals surface area contributed by atoms with Crippen LogP contribution in [0.4, 0.5) is 0 Å². The summed E-state index contributed by atoms with van der Waals surface area (Å²) in [5, 5.41) is 13.3. The number of hydrogen-bond acceptors (Lipinski definition) is 5. The van der Waals surface area contributed by atoms with Crippen molar-refractivity contribution in [1.29, 1.82) is 0 Å². The van der Waals surface area contributed by atoms with E-state index in [1.54, 1.807) is 11.8 Å². The van der Waals surface area contributed by atoms with Crippen LogP contribution in [0.3, 0.4) is 0 Å². The van der Waals surface area contributed by atoms with Gasteiger partial charge in [0.15, 0.2) is 0 Å².